The van der Waals surface area contributed by atoms with Crippen molar-refractivity contribution in [2.45, 2.75) is 19.3 Å². The van der Waals surface area contributed by atoms with Crippen LogP contribution >= 0.6 is 0 Å². The minimum Gasteiger partial charge on any atom is -0.370 e. The van der Waals surface area contributed by atoms with Crippen molar-refractivity contribution < 1.29 is 9.59 Å². The number of rotatable bonds is 5. The third-order valence-electron chi connectivity index (χ3n) is 1.20. The van der Waals surface area contributed by atoms with Crippen LogP contribution in [0.4, 0.5) is 0 Å². The first kappa shape index (κ1) is 9.94. The van der Waals surface area contributed by atoms with Crippen LogP contribution in [0.2, 0.25) is 0 Å². The minimum absolute atomic E-state index is 0.0468. The normalized spacial score (nSPS) is 9.18. The Balaban J connectivity index is 3.14. The molecule has 0 aromatic heterocycles. The van der Waals surface area contributed by atoms with Gasteiger partial charge in [0.05, 0.1) is 0 Å². The van der Waals surface area contributed by atoms with E-state index in [4.69, 9.17) is 5.73 Å². The van der Waals surface area contributed by atoms with Gasteiger partial charge in [0, 0.05) is 19.9 Å². The average Bonchev–Trinajstić information content (AvgIpc) is 1.97. The molecule has 2 amide bonds. The first-order chi connectivity index (χ1) is 5.16. The quantitative estimate of drug-likeness (QED) is 0.532. The van der Waals surface area contributed by atoms with E-state index >= 15 is 0 Å². The predicted molar refractivity (Wildman–Crippen MR) is 41.4 cm³/mol. The zero-order chi connectivity index (χ0) is 8.69. The lowest BCUT2D eigenvalue weighted by atomic mass is 10.2. The molecule has 0 fully saturated rings. The Labute approximate surface area is 66.1 Å². The first-order valence-electron chi connectivity index (χ1n) is 3.47. The van der Waals surface area contributed by atoms with Gasteiger partial charge in [-0.05, 0) is 12.8 Å². The zero-order valence-corrected chi connectivity index (χ0v) is 6.59. The molecule has 4 nitrogen and oxygen atoms in total. The molecule has 11 heavy (non-hydrogen) atoms. The lowest BCUT2D eigenvalue weighted by Crippen LogP contribution is -2.17. The fourth-order valence-corrected chi connectivity index (χ4v) is 0.580. The van der Waals surface area contributed by atoms with E-state index < -0.39 is 0 Å². The van der Waals surface area contributed by atoms with E-state index in [9.17, 15) is 9.59 Å². The highest BCUT2D eigenvalue weighted by Crippen LogP contribution is 1.96. The summed E-state index contributed by atoms with van der Waals surface area (Å²) < 4.78 is 0. The van der Waals surface area contributed by atoms with Crippen LogP contribution in [0.3, 0.4) is 0 Å². The summed E-state index contributed by atoms with van der Waals surface area (Å²) in [5.74, 6) is -0.382. The molecule has 0 heterocycles. The number of nitrogens with one attached hydrogen (secondary N) is 1. The molecule has 0 spiro atoms. The van der Waals surface area contributed by atoms with Gasteiger partial charge in [-0.1, -0.05) is 0 Å². The number of nitrogens with two attached hydrogens (primary N) is 1. The molecule has 0 rings (SSSR count). The number of carbonyl (C=O) groups is 2. The molecule has 0 unspecified atom stereocenters. The molecule has 0 saturated heterocycles. The molecule has 4 heteroatoms. The largest absolute Gasteiger partial charge is 0.370 e. The number of unbranched alkanes of at least 4 members (excludes halogenated alkanes) is 1. The van der Waals surface area contributed by atoms with E-state index in [-0.39, 0.29) is 11.8 Å². The van der Waals surface area contributed by atoms with Crippen molar-refractivity contribution in [1.82, 2.24) is 5.32 Å². The van der Waals surface area contributed by atoms with Crippen LogP contribution < -0.4 is 11.1 Å². The summed E-state index contributed by atoms with van der Waals surface area (Å²) >= 11 is 0. The van der Waals surface area contributed by atoms with E-state index in [2.05, 4.69) is 5.32 Å². The van der Waals surface area contributed by atoms with Gasteiger partial charge in [0.1, 0.15) is 0 Å². The van der Waals surface area contributed by atoms with Crippen LogP contribution in [0.5, 0.6) is 0 Å². The molecule has 0 aliphatic carbocycles. The van der Waals surface area contributed by atoms with E-state index in [1.165, 1.54) is 0 Å². The van der Waals surface area contributed by atoms with Crippen LogP contribution in [-0.4, -0.2) is 18.9 Å². The smallest absolute Gasteiger partial charge is 0.220 e. The Bertz CT molecular complexity index is 145. The van der Waals surface area contributed by atoms with Gasteiger partial charge in [0.2, 0.25) is 11.8 Å². The maximum Gasteiger partial charge on any atom is 0.220 e. The zero-order valence-electron chi connectivity index (χ0n) is 6.59. The van der Waals surface area contributed by atoms with E-state index in [0.29, 0.717) is 19.3 Å². The summed E-state index contributed by atoms with van der Waals surface area (Å²) in [5, 5.41) is 2.47. The molecule has 0 saturated carbocycles. The molecular weight excluding hydrogens is 144 g/mol. The summed E-state index contributed by atoms with van der Waals surface area (Å²) in [7, 11) is 1.57. The molecule has 0 aromatic carbocycles. The second-order valence-corrected chi connectivity index (χ2v) is 2.17. The fourth-order valence-electron chi connectivity index (χ4n) is 0.580. The number of primary amides is 1. The van der Waals surface area contributed by atoms with Gasteiger partial charge in [0.25, 0.3) is 0 Å². The van der Waals surface area contributed by atoms with Gasteiger partial charge >= 0.3 is 0 Å². The summed E-state index contributed by atoms with van der Waals surface area (Å²) in [6.45, 7) is 0. The van der Waals surface area contributed by atoms with Crippen LogP contribution in [0.1, 0.15) is 19.3 Å². The van der Waals surface area contributed by atoms with E-state index in [1.807, 2.05) is 0 Å². The van der Waals surface area contributed by atoms with Gasteiger partial charge < -0.3 is 11.1 Å². The number of carbonyl (C=O) groups excluding carboxylic acids is 2. The van der Waals surface area contributed by atoms with Crippen LogP contribution in [0.25, 0.3) is 0 Å². The molecule has 0 aliphatic rings. The van der Waals surface area contributed by atoms with Gasteiger partial charge in [-0.2, -0.15) is 0 Å². The molecular formula is C7H13N2O2. The van der Waals surface area contributed by atoms with Gasteiger partial charge in [-0.25, -0.2) is 0 Å². The van der Waals surface area contributed by atoms with Crippen LogP contribution in [0.15, 0.2) is 0 Å². The Morgan fingerprint density at radius 1 is 1.55 bits per heavy atom. The standard InChI is InChI=1S/C7H13N2O2/c1-9-7(11)5-3-2-4-6(8)10/h3H,2,4-5H2,1H3,(H2,8,10)(H,9,11). The van der Waals surface area contributed by atoms with Crippen molar-refractivity contribution in [3.05, 3.63) is 6.42 Å². The third-order valence-corrected chi connectivity index (χ3v) is 1.20. The Kier molecular flexibility index (Phi) is 5.15. The van der Waals surface area contributed by atoms with Gasteiger partial charge in [-0.3, -0.25) is 9.59 Å². The molecule has 0 aromatic rings. The van der Waals surface area contributed by atoms with E-state index in [0.717, 1.165) is 0 Å². The van der Waals surface area contributed by atoms with Crippen molar-refractivity contribution in [2.24, 2.45) is 5.73 Å². The maximum absolute atomic E-state index is 10.6. The molecule has 0 aliphatic heterocycles. The Hall–Kier alpha value is -1.06. The highest BCUT2D eigenvalue weighted by molar-refractivity contribution is 5.77. The number of hydrogen-bond acceptors (Lipinski definition) is 2. The van der Waals surface area contributed by atoms with Crippen molar-refractivity contribution in [1.29, 1.82) is 0 Å². The number of hydrogen-bond donors (Lipinski definition) is 2. The summed E-state index contributed by atoms with van der Waals surface area (Å²) in [5.41, 5.74) is 4.88. The Morgan fingerprint density at radius 3 is 2.64 bits per heavy atom. The van der Waals surface area contributed by atoms with Crippen molar-refractivity contribution >= 4 is 11.8 Å². The molecule has 3 N–H and O–H groups in total. The molecule has 1 radical (unpaired) electrons. The fraction of sp³-hybridized carbons (Fsp3) is 0.571. The van der Waals surface area contributed by atoms with Gasteiger partial charge in [0.15, 0.2) is 0 Å². The molecule has 63 valence electrons. The van der Waals surface area contributed by atoms with E-state index in [1.54, 1.807) is 13.5 Å². The lowest BCUT2D eigenvalue weighted by Gasteiger charge is -1.97. The summed E-state index contributed by atoms with van der Waals surface area (Å²) in [6.07, 6.45) is 2.98. The second kappa shape index (κ2) is 5.70. The highest BCUT2D eigenvalue weighted by Gasteiger charge is 1.98. The van der Waals surface area contributed by atoms with Crippen molar-refractivity contribution in [2.75, 3.05) is 7.05 Å². The van der Waals surface area contributed by atoms with Gasteiger partial charge in [-0.15, -0.1) is 0 Å². The summed E-state index contributed by atoms with van der Waals surface area (Å²) in [4.78, 5) is 20.8. The SMILES string of the molecule is CNC(=O)C[CH]CCC(N)=O. The van der Waals surface area contributed by atoms with Crippen LogP contribution in [-0.2, 0) is 9.59 Å². The van der Waals surface area contributed by atoms with Crippen LogP contribution in [0, 0.1) is 6.42 Å². The topological polar surface area (TPSA) is 72.2 Å². The number of amides is 2. The summed E-state index contributed by atoms with van der Waals surface area (Å²) in [6, 6.07) is 0. The molecule has 0 bridgehead atoms. The predicted octanol–water partition coefficient (Wildman–Crippen LogP) is -0.408. The maximum atomic E-state index is 10.6. The van der Waals surface area contributed by atoms with Crippen molar-refractivity contribution in [3.8, 4) is 0 Å². The lowest BCUT2D eigenvalue weighted by molar-refractivity contribution is -0.120. The van der Waals surface area contributed by atoms with Crippen molar-refractivity contribution in [3.63, 3.8) is 0 Å². The average molecular weight is 157 g/mol. The second-order valence-electron chi connectivity index (χ2n) is 2.17. The minimum atomic E-state index is -0.335. The third kappa shape index (κ3) is 6.83. The first-order valence-corrected chi connectivity index (χ1v) is 3.47. The monoisotopic (exact) mass is 157 g/mol. The molecule has 0 atom stereocenters. The highest BCUT2D eigenvalue weighted by atomic mass is 16.1. The Morgan fingerprint density at radius 2 is 2.18 bits per heavy atom.